The van der Waals surface area contributed by atoms with Gasteiger partial charge in [0.15, 0.2) is 0 Å². The van der Waals surface area contributed by atoms with Crippen LogP contribution in [0.25, 0.3) is 0 Å². The molecule has 1 atom stereocenters. The molecule has 0 aliphatic carbocycles. The SMILES string of the molecule is C#CCCCC(NCC)c1cn(C)cn1. The van der Waals surface area contributed by atoms with E-state index >= 15 is 0 Å². The van der Waals surface area contributed by atoms with Gasteiger partial charge >= 0.3 is 0 Å². The lowest BCUT2D eigenvalue weighted by Gasteiger charge is -2.14. The zero-order valence-electron chi connectivity index (χ0n) is 9.53. The summed E-state index contributed by atoms with van der Waals surface area (Å²) in [5, 5.41) is 3.43. The molecule has 0 saturated heterocycles. The zero-order valence-corrected chi connectivity index (χ0v) is 9.53. The highest BCUT2D eigenvalue weighted by Crippen LogP contribution is 2.16. The van der Waals surface area contributed by atoms with Gasteiger partial charge in [0.25, 0.3) is 0 Å². The van der Waals surface area contributed by atoms with Crippen molar-refractivity contribution in [3.63, 3.8) is 0 Å². The summed E-state index contributed by atoms with van der Waals surface area (Å²) >= 11 is 0. The normalized spacial score (nSPS) is 12.3. The Hall–Kier alpha value is -1.27. The van der Waals surface area contributed by atoms with Crippen LogP contribution in [0, 0.1) is 12.3 Å². The van der Waals surface area contributed by atoms with Gasteiger partial charge in [0.1, 0.15) is 0 Å². The lowest BCUT2D eigenvalue weighted by molar-refractivity contribution is 0.492. The number of aromatic nitrogens is 2. The number of nitrogens with zero attached hydrogens (tertiary/aromatic N) is 2. The maximum atomic E-state index is 5.24. The molecule has 0 fully saturated rings. The smallest absolute Gasteiger partial charge is 0.0947 e. The van der Waals surface area contributed by atoms with Crippen molar-refractivity contribution in [3.8, 4) is 12.3 Å². The van der Waals surface area contributed by atoms with Gasteiger partial charge in [0.05, 0.1) is 18.1 Å². The summed E-state index contributed by atoms with van der Waals surface area (Å²) in [6.45, 7) is 3.06. The van der Waals surface area contributed by atoms with Crippen LogP contribution < -0.4 is 5.32 Å². The maximum Gasteiger partial charge on any atom is 0.0947 e. The third kappa shape index (κ3) is 3.77. The molecule has 0 amide bonds. The van der Waals surface area contributed by atoms with Gasteiger partial charge in [-0.1, -0.05) is 6.92 Å². The third-order valence-electron chi connectivity index (χ3n) is 2.35. The average molecular weight is 205 g/mol. The second-order valence-corrected chi connectivity index (χ2v) is 3.67. The van der Waals surface area contributed by atoms with Crippen molar-refractivity contribution in [2.75, 3.05) is 6.54 Å². The van der Waals surface area contributed by atoms with Crippen molar-refractivity contribution in [1.82, 2.24) is 14.9 Å². The Morgan fingerprint density at radius 2 is 2.47 bits per heavy atom. The Morgan fingerprint density at radius 1 is 1.67 bits per heavy atom. The molecule has 3 heteroatoms. The van der Waals surface area contributed by atoms with E-state index in [9.17, 15) is 0 Å². The summed E-state index contributed by atoms with van der Waals surface area (Å²) in [7, 11) is 1.99. The van der Waals surface area contributed by atoms with Crippen molar-refractivity contribution in [2.45, 2.75) is 32.2 Å². The Balaban J connectivity index is 2.54. The molecular weight excluding hydrogens is 186 g/mol. The van der Waals surface area contributed by atoms with Gasteiger partial charge in [0.2, 0.25) is 0 Å². The van der Waals surface area contributed by atoms with Crippen LogP contribution in [-0.2, 0) is 7.05 Å². The minimum atomic E-state index is 0.338. The molecule has 0 aliphatic rings. The number of hydrogen-bond acceptors (Lipinski definition) is 2. The van der Waals surface area contributed by atoms with Crippen molar-refractivity contribution < 1.29 is 0 Å². The van der Waals surface area contributed by atoms with Gasteiger partial charge in [-0.25, -0.2) is 4.98 Å². The van der Waals surface area contributed by atoms with E-state index in [1.165, 1.54) is 0 Å². The lowest BCUT2D eigenvalue weighted by atomic mass is 10.1. The number of hydrogen-bond donors (Lipinski definition) is 1. The molecule has 1 rings (SSSR count). The van der Waals surface area contributed by atoms with Crippen molar-refractivity contribution in [2.24, 2.45) is 7.05 Å². The monoisotopic (exact) mass is 205 g/mol. The second kappa shape index (κ2) is 6.26. The molecule has 1 unspecified atom stereocenters. The molecule has 0 radical (unpaired) electrons. The van der Waals surface area contributed by atoms with E-state index in [-0.39, 0.29) is 0 Å². The van der Waals surface area contributed by atoms with Gasteiger partial charge in [-0.3, -0.25) is 0 Å². The van der Waals surface area contributed by atoms with E-state index in [1.54, 1.807) is 0 Å². The fourth-order valence-electron chi connectivity index (χ4n) is 1.62. The second-order valence-electron chi connectivity index (χ2n) is 3.67. The van der Waals surface area contributed by atoms with Gasteiger partial charge in [-0.05, 0) is 19.4 Å². The standard InChI is InChI=1S/C12H19N3/c1-4-6-7-8-11(13-5-2)12-9-15(3)10-14-12/h1,9-11,13H,5-8H2,2-3H3. The predicted octanol–water partition coefficient (Wildman–Crippen LogP) is 1.87. The summed E-state index contributed by atoms with van der Waals surface area (Å²) in [5.74, 6) is 2.67. The Bertz CT molecular complexity index is 322. The van der Waals surface area contributed by atoms with E-state index in [4.69, 9.17) is 6.42 Å². The summed E-state index contributed by atoms with van der Waals surface area (Å²) in [6.07, 6.45) is 12.1. The van der Waals surface area contributed by atoms with Crippen molar-refractivity contribution in [1.29, 1.82) is 0 Å². The minimum Gasteiger partial charge on any atom is -0.340 e. The van der Waals surface area contributed by atoms with Crippen LogP contribution in [0.1, 0.15) is 37.9 Å². The Labute approximate surface area is 91.9 Å². The van der Waals surface area contributed by atoms with Crippen LogP contribution in [0.2, 0.25) is 0 Å². The molecule has 0 spiro atoms. The van der Waals surface area contributed by atoms with E-state index in [2.05, 4.69) is 29.3 Å². The Morgan fingerprint density at radius 3 is 3.00 bits per heavy atom. The first-order valence-electron chi connectivity index (χ1n) is 5.42. The third-order valence-corrected chi connectivity index (χ3v) is 2.35. The topological polar surface area (TPSA) is 29.9 Å². The van der Waals surface area contributed by atoms with Crippen molar-refractivity contribution in [3.05, 3.63) is 18.2 Å². The number of terminal acetylenes is 1. The summed E-state index contributed by atoms with van der Waals surface area (Å²) in [4.78, 5) is 4.36. The first-order chi connectivity index (χ1) is 7.27. The molecule has 0 aromatic carbocycles. The maximum absolute atomic E-state index is 5.24. The predicted molar refractivity (Wildman–Crippen MR) is 62.3 cm³/mol. The highest BCUT2D eigenvalue weighted by Gasteiger charge is 2.11. The molecule has 0 aliphatic heterocycles. The summed E-state index contributed by atoms with van der Waals surface area (Å²) in [5.41, 5.74) is 1.11. The molecule has 0 bridgehead atoms. The first kappa shape index (κ1) is 11.8. The van der Waals surface area contributed by atoms with E-state index in [0.717, 1.165) is 31.5 Å². The largest absolute Gasteiger partial charge is 0.340 e. The number of imidazole rings is 1. The van der Waals surface area contributed by atoms with Gasteiger partial charge in [-0.15, -0.1) is 12.3 Å². The molecule has 3 nitrogen and oxygen atoms in total. The molecule has 15 heavy (non-hydrogen) atoms. The minimum absolute atomic E-state index is 0.338. The fraction of sp³-hybridized carbons (Fsp3) is 0.583. The van der Waals surface area contributed by atoms with Crippen LogP contribution in [-0.4, -0.2) is 16.1 Å². The molecule has 1 aromatic rings. The van der Waals surface area contributed by atoms with Gasteiger partial charge in [-0.2, -0.15) is 0 Å². The highest BCUT2D eigenvalue weighted by atomic mass is 15.0. The van der Waals surface area contributed by atoms with Crippen LogP contribution in [0.5, 0.6) is 0 Å². The average Bonchev–Trinajstić information content (AvgIpc) is 2.64. The summed E-state index contributed by atoms with van der Waals surface area (Å²) in [6, 6.07) is 0.338. The fourth-order valence-corrected chi connectivity index (χ4v) is 1.62. The Kier molecular flexibility index (Phi) is 4.92. The van der Waals surface area contributed by atoms with Crippen LogP contribution >= 0.6 is 0 Å². The number of unbranched alkanes of at least 4 members (excludes halogenated alkanes) is 1. The molecule has 1 N–H and O–H groups in total. The molecule has 82 valence electrons. The summed E-state index contributed by atoms with van der Waals surface area (Å²) < 4.78 is 1.97. The lowest BCUT2D eigenvalue weighted by Crippen LogP contribution is -2.21. The first-order valence-corrected chi connectivity index (χ1v) is 5.42. The van der Waals surface area contributed by atoms with Crippen LogP contribution in [0.3, 0.4) is 0 Å². The molecule has 0 saturated carbocycles. The number of rotatable bonds is 6. The quantitative estimate of drug-likeness (QED) is 0.567. The molecule has 1 heterocycles. The van der Waals surface area contributed by atoms with E-state index < -0.39 is 0 Å². The highest BCUT2D eigenvalue weighted by molar-refractivity contribution is 5.03. The van der Waals surface area contributed by atoms with Gasteiger partial charge < -0.3 is 9.88 Å². The molecule has 1 aromatic heterocycles. The van der Waals surface area contributed by atoms with Crippen molar-refractivity contribution >= 4 is 0 Å². The van der Waals surface area contributed by atoms with E-state index in [0.29, 0.717) is 6.04 Å². The number of nitrogens with one attached hydrogen (secondary N) is 1. The van der Waals surface area contributed by atoms with Crippen LogP contribution in [0.15, 0.2) is 12.5 Å². The van der Waals surface area contributed by atoms with Crippen LogP contribution in [0.4, 0.5) is 0 Å². The van der Waals surface area contributed by atoms with Gasteiger partial charge in [0, 0.05) is 19.7 Å². The van der Waals surface area contributed by atoms with E-state index in [1.807, 2.05) is 17.9 Å². The number of aryl methyl sites for hydroxylation is 1. The zero-order chi connectivity index (χ0) is 11.1. The molecular formula is C12H19N3.